The van der Waals surface area contributed by atoms with Crippen LogP contribution in [0.25, 0.3) is 0 Å². The van der Waals surface area contributed by atoms with Crippen molar-refractivity contribution in [2.24, 2.45) is 0 Å². The molecule has 1 aliphatic carbocycles. The summed E-state index contributed by atoms with van der Waals surface area (Å²) in [5.41, 5.74) is 0. The number of carbonyl (C=O) groups excluding carboxylic acids is 1. The summed E-state index contributed by atoms with van der Waals surface area (Å²) >= 11 is 0. The van der Waals surface area contributed by atoms with Crippen LogP contribution in [0.15, 0.2) is 0 Å². The second-order valence-electron chi connectivity index (χ2n) is 5.11. The molecule has 0 unspecified atom stereocenters. The second kappa shape index (κ2) is 9.34. The van der Waals surface area contributed by atoms with E-state index in [4.69, 9.17) is 0 Å². The van der Waals surface area contributed by atoms with Gasteiger partial charge in [-0.05, 0) is 25.9 Å². The van der Waals surface area contributed by atoms with Gasteiger partial charge in [0, 0.05) is 19.1 Å². The van der Waals surface area contributed by atoms with Gasteiger partial charge in [-0.15, -0.1) is 0 Å². The van der Waals surface area contributed by atoms with Crippen molar-refractivity contribution in [2.45, 2.75) is 52.0 Å². The average Bonchev–Trinajstić information content (AvgIpc) is 2.40. The normalized spacial score (nSPS) is 17.1. The zero-order valence-corrected chi connectivity index (χ0v) is 12.0. The molecule has 1 aliphatic rings. The molecule has 0 aliphatic heterocycles. The number of nitrogens with zero attached hydrogens (tertiary/aromatic N) is 1. The summed E-state index contributed by atoms with van der Waals surface area (Å²) < 4.78 is 0. The molecule has 0 bridgehead atoms. The summed E-state index contributed by atoms with van der Waals surface area (Å²) in [6.07, 6.45) is 6.17. The Bertz CT molecular complexity index is 223. The van der Waals surface area contributed by atoms with Crippen LogP contribution in [0.3, 0.4) is 0 Å². The molecule has 1 amide bonds. The molecule has 18 heavy (non-hydrogen) atoms. The number of rotatable bonds is 8. The highest BCUT2D eigenvalue weighted by Crippen LogP contribution is 2.16. The zero-order chi connectivity index (χ0) is 13.2. The smallest absolute Gasteiger partial charge is 0.234 e. The fourth-order valence-electron chi connectivity index (χ4n) is 2.50. The predicted molar refractivity (Wildman–Crippen MR) is 75.7 cm³/mol. The van der Waals surface area contributed by atoms with Crippen LogP contribution in [0, 0.1) is 0 Å². The van der Waals surface area contributed by atoms with Crippen molar-refractivity contribution in [3.63, 3.8) is 0 Å². The monoisotopic (exact) mass is 255 g/mol. The van der Waals surface area contributed by atoms with Crippen LogP contribution in [0.1, 0.15) is 46.0 Å². The van der Waals surface area contributed by atoms with Crippen molar-refractivity contribution in [1.29, 1.82) is 0 Å². The van der Waals surface area contributed by atoms with Gasteiger partial charge in [0.2, 0.25) is 5.91 Å². The van der Waals surface area contributed by atoms with E-state index >= 15 is 0 Å². The molecule has 4 nitrogen and oxygen atoms in total. The Morgan fingerprint density at radius 3 is 2.44 bits per heavy atom. The van der Waals surface area contributed by atoms with Crippen LogP contribution in [0.4, 0.5) is 0 Å². The van der Waals surface area contributed by atoms with Gasteiger partial charge in [0.15, 0.2) is 0 Å². The Morgan fingerprint density at radius 2 is 1.83 bits per heavy atom. The number of hydrogen-bond donors (Lipinski definition) is 2. The predicted octanol–water partition coefficient (Wildman–Crippen LogP) is 1.37. The minimum absolute atomic E-state index is 0.154. The molecule has 0 atom stereocenters. The third kappa shape index (κ3) is 6.36. The highest BCUT2D eigenvalue weighted by atomic mass is 16.1. The van der Waals surface area contributed by atoms with Gasteiger partial charge in [0.25, 0.3) is 0 Å². The lowest BCUT2D eigenvalue weighted by Crippen LogP contribution is -2.42. The molecule has 4 heteroatoms. The Morgan fingerprint density at radius 1 is 1.17 bits per heavy atom. The van der Waals surface area contributed by atoms with Crippen molar-refractivity contribution in [3.8, 4) is 0 Å². The van der Waals surface area contributed by atoms with Crippen molar-refractivity contribution in [3.05, 3.63) is 0 Å². The molecule has 2 N–H and O–H groups in total. The summed E-state index contributed by atoms with van der Waals surface area (Å²) in [6, 6.07) is 0.427. The second-order valence-corrected chi connectivity index (χ2v) is 5.11. The topological polar surface area (TPSA) is 44.4 Å². The molecule has 106 valence electrons. The van der Waals surface area contributed by atoms with Gasteiger partial charge >= 0.3 is 0 Å². The van der Waals surface area contributed by atoms with Gasteiger partial charge in [-0.1, -0.05) is 33.1 Å². The minimum atomic E-state index is 0.154. The van der Waals surface area contributed by atoms with Crippen molar-refractivity contribution >= 4 is 5.91 Å². The van der Waals surface area contributed by atoms with E-state index in [-0.39, 0.29) is 5.91 Å². The average molecular weight is 255 g/mol. The molecule has 0 aromatic carbocycles. The van der Waals surface area contributed by atoms with E-state index in [0.717, 1.165) is 39.0 Å². The Hall–Kier alpha value is -0.610. The van der Waals surface area contributed by atoms with Gasteiger partial charge in [-0.25, -0.2) is 0 Å². The quantitative estimate of drug-likeness (QED) is 0.644. The van der Waals surface area contributed by atoms with Gasteiger partial charge in [0.05, 0.1) is 6.54 Å². The van der Waals surface area contributed by atoms with Crippen LogP contribution in [0.5, 0.6) is 0 Å². The maximum Gasteiger partial charge on any atom is 0.234 e. The van der Waals surface area contributed by atoms with Gasteiger partial charge in [0.1, 0.15) is 0 Å². The standard InChI is InChI=1S/C14H29N3O/c1-3-17(4-2)11-10-15-12-14(18)16-13-8-6-5-7-9-13/h13,15H,3-12H2,1-2H3,(H,16,18). The summed E-state index contributed by atoms with van der Waals surface area (Å²) in [4.78, 5) is 14.1. The number of carbonyl (C=O) groups is 1. The van der Waals surface area contributed by atoms with Crippen molar-refractivity contribution in [2.75, 3.05) is 32.7 Å². The first kappa shape index (κ1) is 15.4. The Balaban J connectivity index is 2.02. The van der Waals surface area contributed by atoms with Crippen LogP contribution in [0.2, 0.25) is 0 Å². The van der Waals surface area contributed by atoms with Crippen LogP contribution in [-0.4, -0.2) is 49.6 Å². The molecule has 0 radical (unpaired) electrons. The SMILES string of the molecule is CCN(CC)CCNCC(=O)NC1CCCCC1. The molecule has 0 heterocycles. The molecular weight excluding hydrogens is 226 g/mol. The van der Waals surface area contributed by atoms with E-state index < -0.39 is 0 Å². The largest absolute Gasteiger partial charge is 0.352 e. The van der Waals surface area contributed by atoms with Gasteiger partial charge < -0.3 is 15.5 Å². The lowest BCUT2D eigenvalue weighted by molar-refractivity contribution is -0.121. The molecule has 1 saturated carbocycles. The molecule has 1 fully saturated rings. The first-order chi connectivity index (χ1) is 8.76. The number of likely N-dealkylation sites (N-methyl/N-ethyl adjacent to an activating group) is 1. The first-order valence-corrected chi connectivity index (χ1v) is 7.48. The van der Waals surface area contributed by atoms with Gasteiger partial charge in [-0.3, -0.25) is 4.79 Å². The third-order valence-corrected chi connectivity index (χ3v) is 3.76. The third-order valence-electron chi connectivity index (χ3n) is 3.76. The minimum Gasteiger partial charge on any atom is -0.352 e. The summed E-state index contributed by atoms with van der Waals surface area (Å²) in [5, 5.41) is 6.34. The Labute approximate surface area is 111 Å². The number of hydrogen-bond acceptors (Lipinski definition) is 3. The van der Waals surface area contributed by atoms with E-state index in [1.54, 1.807) is 0 Å². The molecule has 1 rings (SSSR count). The summed E-state index contributed by atoms with van der Waals surface area (Å²) in [7, 11) is 0. The molecule has 0 spiro atoms. The van der Waals surface area contributed by atoms with E-state index in [0.29, 0.717) is 12.6 Å². The first-order valence-electron chi connectivity index (χ1n) is 7.48. The van der Waals surface area contributed by atoms with Crippen molar-refractivity contribution in [1.82, 2.24) is 15.5 Å². The van der Waals surface area contributed by atoms with E-state index in [9.17, 15) is 4.79 Å². The molecule has 0 aromatic rings. The fraction of sp³-hybridized carbons (Fsp3) is 0.929. The highest BCUT2D eigenvalue weighted by Gasteiger charge is 2.15. The maximum absolute atomic E-state index is 11.7. The number of nitrogens with one attached hydrogen (secondary N) is 2. The van der Waals surface area contributed by atoms with E-state index in [1.807, 2.05) is 0 Å². The summed E-state index contributed by atoms with van der Waals surface area (Å²) in [5.74, 6) is 0.154. The lowest BCUT2D eigenvalue weighted by Gasteiger charge is -2.23. The van der Waals surface area contributed by atoms with Crippen LogP contribution < -0.4 is 10.6 Å². The highest BCUT2D eigenvalue weighted by molar-refractivity contribution is 5.78. The van der Waals surface area contributed by atoms with Crippen LogP contribution >= 0.6 is 0 Å². The van der Waals surface area contributed by atoms with E-state index in [2.05, 4.69) is 29.4 Å². The fourth-order valence-corrected chi connectivity index (χ4v) is 2.50. The summed E-state index contributed by atoms with van der Waals surface area (Å²) in [6.45, 7) is 8.85. The number of amides is 1. The Kier molecular flexibility index (Phi) is 8.01. The molecule has 0 saturated heterocycles. The zero-order valence-electron chi connectivity index (χ0n) is 12.0. The lowest BCUT2D eigenvalue weighted by atomic mass is 9.95. The molecule has 0 aromatic heterocycles. The van der Waals surface area contributed by atoms with E-state index in [1.165, 1.54) is 19.3 Å². The van der Waals surface area contributed by atoms with Gasteiger partial charge in [-0.2, -0.15) is 0 Å². The van der Waals surface area contributed by atoms with Crippen molar-refractivity contribution < 1.29 is 4.79 Å². The maximum atomic E-state index is 11.7. The van der Waals surface area contributed by atoms with Crippen LogP contribution in [-0.2, 0) is 4.79 Å². The molecular formula is C14H29N3O.